The first-order valence-electron chi connectivity index (χ1n) is 6.05. The molecule has 0 saturated heterocycles. The number of aromatic nitrogens is 2. The number of nitrogens with zero attached hydrogens (tertiary/aromatic N) is 2. The minimum absolute atomic E-state index is 0.169. The summed E-state index contributed by atoms with van der Waals surface area (Å²) in [7, 11) is 0. The SMILES string of the molecule is O=C(O)c1cnn2c1NC(c1ccco1)CC2C(F)(F)F. The zero-order valence-corrected chi connectivity index (χ0v) is 10.5. The van der Waals surface area contributed by atoms with Gasteiger partial charge in [0.1, 0.15) is 17.1 Å². The number of carboxylic acids is 1. The van der Waals surface area contributed by atoms with E-state index in [9.17, 15) is 18.0 Å². The van der Waals surface area contributed by atoms with Crippen molar-refractivity contribution in [3.63, 3.8) is 0 Å². The number of furan rings is 1. The van der Waals surface area contributed by atoms with E-state index >= 15 is 0 Å². The quantitative estimate of drug-likeness (QED) is 0.891. The summed E-state index contributed by atoms with van der Waals surface area (Å²) in [5.74, 6) is -1.20. The van der Waals surface area contributed by atoms with Gasteiger partial charge in [0.2, 0.25) is 0 Å². The lowest BCUT2D eigenvalue weighted by atomic mass is 10.0. The minimum atomic E-state index is -4.54. The number of carboxylic acid groups (broad SMARTS) is 1. The van der Waals surface area contributed by atoms with E-state index in [0.717, 1.165) is 6.20 Å². The highest BCUT2D eigenvalue weighted by Gasteiger charge is 2.47. The Hall–Kier alpha value is -2.45. The summed E-state index contributed by atoms with van der Waals surface area (Å²) >= 11 is 0. The molecule has 3 heterocycles. The smallest absolute Gasteiger partial charge is 0.410 e. The lowest BCUT2D eigenvalue weighted by molar-refractivity contribution is -0.174. The average Bonchev–Trinajstić information content (AvgIpc) is 3.05. The van der Waals surface area contributed by atoms with E-state index in [1.165, 1.54) is 12.3 Å². The van der Waals surface area contributed by atoms with E-state index in [2.05, 4.69) is 10.4 Å². The van der Waals surface area contributed by atoms with Crippen molar-refractivity contribution < 1.29 is 27.5 Å². The average molecular weight is 301 g/mol. The summed E-state index contributed by atoms with van der Waals surface area (Å²) in [6, 6.07) is 0.423. The van der Waals surface area contributed by atoms with Gasteiger partial charge >= 0.3 is 12.1 Å². The predicted molar refractivity (Wildman–Crippen MR) is 64.0 cm³/mol. The molecule has 9 heteroatoms. The van der Waals surface area contributed by atoms with Gasteiger partial charge in [-0.25, -0.2) is 9.48 Å². The molecule has 0 amide bonds. The van der Waals surface area contributed by atoms with Gasteiger partial charge in [-0.2, -0.15) is 18.3 Å². The number of nitrogens with one attached hydrogen (secondary N) is 1. The second kappa shape index (κ2) is 4.54. The number of anilines is 1. The van der Waals surface area contributed by atoms with Crippen molar-refractivity contribution in [3.8, 4) is 0 Å². The Balaban J connectivity index is 2.07. The van der Waals surface area contributed by atoms with Crippen LogP contribution in [0.1, 0.15) is 34.6 Å². The number of fused-ring (bicyclic) bond motifs is 1. The van der Waals surface area contributed by atoms with Crippen molar-refractivity contribution in [2.45, 2.75) is 24.7 Å². The van der Waals surface area contributed by atoms with Crippen LogP contribution in [-0.4, -0.2) is 27.0 Å². The number of alkyl halides is 3. The summed E-state index contributed by atoms with van der Waals surface area (Å²) in [6.07, 6.45) is -2.61. The number of aromatic carboxylic acids is 1. The van der Waals surface area contributed by atoms with Crippen LogP contribution in [0.25, 0.3) is 0 Å². The summed E-state index contributed by atoms with van der Waals surface area (Å²) < 4.78 is 45.3. The largest absolute Gasteiger partial charge is 0.477 e. The number of hydrogen-bond donors (Lipinski definition) is 2. The van der Waals surface area contributed by atoms with Gasteiger partial charge in [-0.1, -0.05) is 0 Å². The van der Waals surface area contributed by atoms with Crippen molar-refractivity contribution in [2.75, 3.05) is 5.32 Å². The van der Waals surface area contributed by atoms with Crippen molar-refractivity contribution in [2.24, 2.45) is 0 Å². The minimum Gasteiger partial charge on any atom is -0.477 e. The van der Waals surface area contributed by atoms with Gasteiger partial charge in [0, 0.05) is 6.42 Å². The van der Waals surface area contributed by atoms with E-state index in [-0.39, 0.29) is 17.8 Å². The van der Waals surface area contributed by atoms with Crippen molar-refractivity contribution in [1.29, 1.82) is 0 Å². The number of carbonyl (C=O) groups is 1. The van der Waals surface area contributed by atoms with Gasteiger partial charge in [-0.3, -0.25) is 0 Å². The molecule has 0 saturated carbocycles. The molecule has 6 nitrogen and oxygen atoms in total. The van der Waals surface area contributed by atoms with Crippen LogP contribution >= 0.6 is 0 Å². The highest BCUT2D eigenvalue weighted by atomic mass is 19.4. The number of halogens is 3. The van der Waals surface area contributed by atoms with Crippen LogP contribution in [0.5, 0.6) is 0 Å². The molecular formula is C12H10F3N3O3. The molecule has 0 radical (unpaired) electrons. The Bertz CT molecular complexity index is 663. The van der Waals surface area contributed by atoms with E-state index in [0.29, 0.717) is 10.4 Å². The maximum Gasteiger partial charge on any atom is 0.410 e. The molecule has 2 N–H and O–H groups in total. The zero-order chi connectivity index (χ0) is 15.2. The Morgan fingerprint density at radius 2 is 2.29 bits per heavy atom. The molecule has 3 rings (SSSR count). The van der Waals surface area contributed by atoms with E-state index in [4.69, 9.17) is 9.52 Å². The third-order valence-corrected chi connectivity index (χ3v) is 3.36. The molecule has 112 valence electrons. The molecule has 0 aliphatic carbocycles. The second-order valence-electron chi connectivity index (χ2n) is 4.66. The molecule has 2 aromatic heterocycles. The number of rotatable bonds is 2. The zero-order valence-electron chi connectivity index (χ0n) is 10.5. The molecule has 2 unspecified atom stereocenters. The summed E-state index contributed by atoms with van der Waals surface area (Å²) in [5, 5.41) is 15.4. The van der Waals surface area contributed by atoms with Gasteiger partial charge in [-0.05, 0) is 12.1 Å². The molecule has 2 atom stereocenters. The fourth-order valence-corrected chi connectivity index (χ4v) is 2.40. The van der Waals surface area contributed by atoms with Crippen LogP contribution in [0, 0.1) is 0 Å². The highest BCUT2D eigenvalue weighted by Crippen LogP contribution is 2.44. The van der Waals surface area contributed by atoms with Crippen molar-refractivity contribution >= 4 is 11.8 Å². The van der Waals surface area contributed by atoms with Gasteiger partial charge in [-0.15, -0.1) is 0 Å². The Morgan fingerprint density at radius 1 is 1.52 bits per heavy atom. The molecule has 1 aliphatic heterocycles. The number of hydrogen-bond acceptors (Lipinski definition) is 4. The van der Waals surface area contributed by atoms with Gasteiger partial charge in [0.05, 0.1) is 18.5 Å². The van der Waals surface area contributed by atoms with E-state index in [1.807, 2.05) is 0 Å². The molecule has 0 fully saturated rings. The molecular weight excluding hydrogens is 291 g/mol. The molecule has 0 aromatic carbocycles. The van der Waals surface area contributed by atoms with Crippen LogP contribution in [0.2, 0.25) is 0 Å². The fraction of sp³-hybridized carbons (Fsp3) is 0.333. The molecule has 21 heavy (non-hydrogen) atoms. The maximum atomic E-state index is 13.2. The topological polar surface area (TPSA) is 80.3 Å². The van der Waals surface area contributed by atoms with E-state index in [1.54, 1.807) is 6.07 Å². The summed E-state index contributed by atoms with van der Waals surface area (Å²) in [6.45, 7) is 0. The van der Waals surface area contributed by atoms with E-state index < -0.39 is 24.2 Å². The Kier molecular flexibility index (Phi) is 2.92. The van der Waals surface area contributed by atoms with Crippen LogP contribution < -0.4 is 5.32 Å². The van der Waals surface area contributed by atoms with Crippen LogP contribution in [0.4, 0.5) is 19.0 Å². The maximum absolute atomic E-state index is 13.2. The molecule has 2 aromatic rings. The lowest BCUT2D eigenvalue weighted by Crippen LogP contribution is -2.36. The Morgan fingerprint density at radius 3 is 2.86 bits per heavy atom. The standard InChI is InChI=1S/C12H10F3N3O3/c13-12(14,15)9-4-7(8-2-1-3-21-8)17-10-6(11(19)20)5-16-18(9)10/h1-3,5,7,9,17H,4H2,(H,19,20). The second-order valence-corrected chi connectivity index (χ2v) is 4.66. The first kappa shape index (κ1) is 13.5. The molecule has 0 bridgehead atoms. The van der Waals surface area contributed by atoms with Crippen LogP contribution in [0.3, 0.4) is 0 Å². The first-order chi connectivity index (χ1) is 9.88. The normalized spacial score (nSPS) is 21.7. The molecule has 1 aliphatic rings. The predicted octanol–water partition coefficient (Wildman–Crippen LogP) is 2.83. The lowest BCUT2D eigenvalue weighted by Gasteiger charge is -2.32. The fourth-order valence-electron chi connectivity index (χ4n) is 2.40. The summed E-state index contributed by atoms with van der Waals surface area (Å²) in [4.78, 5) is 11.1. The first-order valence-corrected chi connectivity index (χ1v) is 6.05. The third kappa shape index (κ3) is 2.24. The molecule has 0 spiro atoms. The van der Waals surface area contributed by atoms with Crippen molar-refractivity contribution in [1.82, 2.24) is 9.78 Å². The van der Waals surface area contributed by atoms with Crippen LogP contribution in [-0.2, 0) is 0 Å². The van der Waals surface area contributed by atoms with Gasteiger partial charge in [0.15, 0.2) is 6.04 Å². The highest BCUT2D eigenvalue weighted by molar-refractivity contribution is 5.93. The summed E-state index contributed by atoms with van der Waals surface area (Å²) in [5.41, 5.74) is -0.305. The van der Waals surface area contributed by atoms with Crippen molar-refractivity contribution in [3.05, 3.63) is 35.9 Å². The van der Waals surface area contributed by atoms with Gasteiger partial charge in [0.25, 0.3) is 0 Å². The monoisotopic (exact) mass is 301 g/mol. The Labute approximate surface area is 116 Å². The van der Waals surface area contributed by atoms with Gasteiger partial charge < -0.3 is 14.8 Å². The third-order valence-electron chi connectivity index (χ3n) is 3.36. The van der Waals surface area contributed by atoms with Crippen LogP contribution in [0.15, 0.2) is 29.0 Å².